The third kappa shape index (κ3) is 1.67. The molecule has 1 heterocycles. The van der Waals surface area contributed by atoms with Crippen molar-refractivity contribution >= 4 is 26.6 Å². The van der Waals surface area contributed by atoms with Gasteiger partial charge in [-0.1, -0.05) is 41.1 Å². The first-order valence-corrected chi connectivity index (χ1v) is 6.04. The van der Waals surface area contributed by atoms with Crippen LogP contribution in [-0.4, -0.2) is 10.4 Å². The number of hydrogen-bond donors (Lipinski definition) is 0. The van der Waals surface area contributed by atoms with Crippen LogP contribution in [-0.2, 0) is 0 Å². The predicted molar refractivity (Wildman–Crippen MR) is 57.6 cm³/mol. The van der Waals surface area contributed by atoms with E-state index in [1.54, 1.807) is 10.8 Å². The minimum absolute atomic E-state index is 0.408. The molecule has 0 saturated carbocycles. The molecule has 1 atom stereocenters. The lowest BCUT2D eigenvalue weighted by Gasteiger charge is -1.95. The monoisotopic (exact) mass is 195 g/mol. The fourth-order valence-electron chi connectivity index (χ4n) is 1.03. The highest BCUT2D eigenvalue weighted by molar-refractivity contribution is 8.83. The summed E-state index contributed by atoms with van der Waals surface area (Å²) in [6.07, 6.45) is 0. The van der Waals surface area contributed by atoms with Crippen molar-refractivity contribution in [3.05, 3.63) is 35.9 Å². The number of aliphatic imine (C=N–C) groups is 1. The summed E-state index contributed by atoms with van der Waals surface area (Å²) < 4.78 is 0. The summed E-state index contributed by atoms with van der Waals surface area (Å²) in [6.45, 7) is 2.12. The van der Waals surface area contributed by atoms with E-state index in [9.17, 15) is 0 Å². The molecule has 0 N–H and O–H groups in total. The van der Waals surface area contributed by atoms with Gasteiger partial charge in [0, 0.05) is 5.56 Å². The molecule has 0 bridgehead atoms. The Bertz CT molecular complexity index is 295. The maximum atomic E-state index is 4.50. The SMILES string of the molecule is CC1N=C(c2ccccc2)SS1. The van der Waals surface area contributed by atoms with Crippen molar-refractivity contribution in [2.24, 2.45) is 4.99 Å². The van der Waals surface area contributed by atoms with E-state index in [1.165, 1.54) is 5.56 Å². The van der Waals surface area contributed by atoms with Crippen molar-refractivity contribution in [1.29, 1.82) is 0 Å². The molecule has 0 saturated heterocycles. The molecule has 0 amide bonds. The number of benzene rings is 1. The maximum absolute atomic E-state index is 4.50. The second-order valence-electron chi connectivity index (χ2n) is 2.58. The molecule has 0 fully saturated rings. The van der Waals surface area contributed by atoms with Crippen molar-refractivity contribution in [1.82, 2.24) is 0 Å². The lowest BCUT2D eigenvalue weighted by molar-refractivity contribution is 1.06. The van der Waals surface area contributed by atoms with Crippen molar-refractivity contribution in [3.63, 3.8) is 0 Å². The first-order valence-electron chi connectivity index (χ1n) is 3.83. The van der Waals surface area contributed by atoms with E-state index in [1.807, 2.05) is 29.0 Å². The topological polar surface area (TPSA) is 12.4 Å². The summed E-state index contributed by atoms with van der Waals surface area (Å²) in [4.78, 5) is 4.50. The van der Waals surface area contributed by atoms with Gasteiger partial charge in [0.2, 0.25) is 0 Å². The van der Waals surface area contributed by atoms with Gasteiger partial charge in [-0.15, -0.1) is 0 Å². The van der Waals surface area contributed by atoms with Crippen LogP contribution in [0.1, 0.15) is 12.5 Å². The van der Waals surface area contributed by atoms with E-state index in [0.29, 0.717) is 5.37 Å². The molecule has 1 nitrogen and oxygen atoms in total. The van der Waals surface area contributed by atoms with Crippen molar-refractivity contribution < 1.29 is 0 Å². The van der Waals surface area contributed by atoms with Gasteiger partial charge in [0.15, 0.2) is 0 Å². The van der Waals surface area contributed by atoms with Crippen LogP contribution in [0.5, 0.6) is 0 Å². The van der Waals surface area contributed by atoms with Crippen LogP contribution in [0.25, 0.3) is 0 Å². The summed E-state index contributed by atoms with van der Waals surface area (Å²) in [5.41, 5.74) is 1.24. The zero-order valence-corrected chi connectivity index (χ0v) is 8.36. The highest BCUT2D eigenvalue weighted by atomic mass is 33.1. The van der Waals surface area contributed by atoms with E-state index < -0.39 is 0 Å². The van der Waals surface area contributed by atoms with Gasteiger partial charge in [0.25, 0.3) is 0 Å². The van der Waals surface area contributed by atoms with Gasteiger partial charge in [-0.25, -0.2) is 0 Å². The van der Waals surface area contributed by atoms with E-state index in [2.05, 4.69) is 24.0 Å². The van der Waals surface area contributed by atoms with Gasteiger partial charge in [0.05, 0.1) is 0 Å². The largest absolute Gasteiger partial charge is 0.262 e. The Morgan fingerprint density at radius 3 is 2.58 bits per heavy atom. The van der Waals surface area contributed by atoms with E-state index in [4.69, 9.17) is 0 Å². The normalized spacial score (nSPS) is 22.4. The Morgan fingerprint density at radius 2 is 2.00 bits per heavy atom. The zero-order chi connectivity index (χ0) is 8.39. The molecule has 2 rings (SSSR count). The van der Waals surface area contributed by atoms with Crippen LogP contribution in [0, 0.1) is 0 Å². The average molecular weight is 195 g/mol. The van der Waals surface area contributed by atoms with Gasteiger partial charge in [-0.05, 0) is 17.7 Å². The second kappa shape index (κ2) is 3.54. The summed E-state index contributed by atoms with van der Waals surface area (Å²) in [7, 11) is 3.58. The molecule has 0 aliphatic carbocycles. The Balaban J connectivity index is 2.27. The fourth-order valence-corrected chi connectivity index (χ4v) is 3.14. The van der Waals surface area contributed by atoms with Crippen LogP contribution in [0.2, 0.25) is 0 Å². The third-order valence-electron chi connectivity index (χ3n) is 1.59. The number of rotatable bonds is 1. The Labute approximate surface area is 80.1 Å². The van der Waals surface area contributed by atoms with Crippen LogP contribution >= 0.6 is 21.6 Å². The highest BCUT2D eigenvalue weighted by Crippen LogP contribution is 2.38. The van der Waals surface area contributed by atoms with Crippen LogP contribution in [0.15, 0.2) is 35.3 Å². The lowest BCUT2D eigenvalue weighted by atomic mass is 10.2. The highest BCUT2D eigenvalue weighted by Gasteiger charge is 2.15. The molecule has 1 aromatic rings. The van der Waals surface area contributed by atoms with E-state index >= 15 is 0 Å². The summed E-state index contributed by atoms with van der Waals surface area (Å²) in [5.74, 6) is 0. The minimum atomic E-state index is 0.408. The molecule has 0 radical (unpaired) electrons. The van der Waals surface area contributed by atoms with Gasteiger partial charge >= 0.3 is 0 Å². The molecule has 3 heteroatoms. The third-order valence-corrected chi connectivity index (χ3v) is 4.16. The van der Waals surface area contributed by atoms with Crippen molar-refractivity contribution in [2.75, 3.05) is 0 Å². The summed E-state index contributed by atoms with van der Waals surface area (Å²) in [6, 6.07) is 10.3. The van der Waals surface area contributed by atoms with Crippen LogP contribution in [0.3, 0.4) is 0 Å². The molecular formula is C9H9NS2. The van der Waals surface area contributed by atoms with Gasteiger partial charge in [0.1, 0.15) is 10.4 Å². The lowest BCUT2D eigenvalue weighted by Crippen LogP contribution is -1.90. The van der Waals surface area contributed by atoms with Gasteiger partial charge in [-0.3, -0.25) is 4.99 Å². The first kappa shape index (κ1) is 8.20. The molecule has 1 aliphatic heterocycles. The Morgan fingerprint density at radius 1 is 1.25 bits per heavy atom. The standard InChI is InChI=1S/C9H9NS2/c1-7-10-9(12-11-7)8-5-3-2-4-6-8/h2-7H,1H3. The molecule has 12 heavy (non-hydrogen) atoms. The summed E-state index contributed by atoms with van der Waals surface area (Å²) in [5, 5.41) is 1.57. The molecule has 1 aromatic carbocycles. The number of nitrogens with zero attached hydrogens (tertiary/aromatic N) is 1. The minimum Gasteiger partial charge on any atom is -0.262 e. The van der Waals surface area contributed by atoms with Crippen molar-refractivity contribution in [2.45, 2.75) is 12.3 Å². The molecule has 62 valence electrons. The second-order valence-corrected chi connectivity index (χ2v) is 5.08. The maximum Gasteiger partial charge on any atom is 0.110 e. The fraction of sp³-hybridized carbons (Fsp3) is 0.222. The Kier molecular flexibility index (Phi) is 2.42. The molecule has 1 aliphatic rings. The quantitative estimate of drug-likeness (QED) is 0.638. The molecule has 0 aromatic heterocycles. The van der Waals surface area contributed by atoms with Crippen LogP contribution < -0.4 is 0 Å². The first-order chi connectivity index (χ1) is 5.86. The van der Waals surface area contributed by atoms with Gasteiger partial charge < -0.3 is 0 Å². The summed E-state index contributed by atoms with van der Waals surface area (Å²) >= 11 is 0. The van der Waals surface area contributed by atoms with E-state index in [0.717, 1.165) is 5.04 Å². The zero-order valence-electron chi connectivity index (χ0n) is 6.73. The molecule has 1 unspecified atom stereocenters. The average Bonchev–Trinajstić information content (AvgIpc) is 2.54. The van der Waals surface area contributed by atoms with Crippen LogP contribution in [0.4, 0.5) is 0 Å². The number of hydrogen-bond acceptors (Lipinski definition) is 3. The smallest absolute Gasteiger partial charge is 0.110 e. The molecule has 0 spiro atoms. The van der Waals surface area contributed by atoms with Crippen molar-refractivity contribution in [3.8, 4) is 0 Å². The van der Waals surface area contributed by atoms with Gasteiger partial charge in [-0.2, -0.15) is 0 Å². The Hall–Kier alpha value is -0.410. The predicted octanol–water partition coefficient (Wildman–Crippen LogP) is 3.17. The van der Waals surface area contributed by atoms with E-state index in [-0.39, 0.29) is 0 Å². The molecular weight excluding hydrogens is 186 g/mol.